The number of carbonyl (C=O) groups is 1. The highest BCUT2D eigenvalue weighted by Crippen LogP contribution is 2.35. The Morgan fingerprint density at radius 2 is 2.42 bits per heavy atom. The normalized spacial score (nSPS) is 46.1. The molecule has 4 atom stereocenters. The van der Waals surface area contributed by atoms with Crippen LogP contribution < -0.4 is 5.73 Å². The summed E-state index contributed by atoms with van der Waals surface area (Å²) in [5, 5.41) is 0. The van der Waals surface area contributed by atoms with Gasteiger partial charge >= 0.3 is 0 Å². The summed E-state index contributed by atoms with van der Waals surface area (Å²) in [4.78, 5) is 13.3. The van der Waals surface area contributed by atoms with Crippen LogP contribution in [0.1, 0.15) is 19.8 Å². The fraction of sp³-hybridized carbons (Fsp3) is 0.778. The predicted molar refractivity (Wildman–Crippen MR) is 46.2 cm³/mol. The highest BCUT2D eigenvalue weighted by Gasteiger charge is 2.41. The topological polar surface area (TPSA) is 46.3 Å². The van der Waals surface area contributed by atoms with Crippen molar-refractivity contribution in [1.29, 1.82) is 0 Å². The first-order chi connectivity index (χ1) is 5.70. The molecule has 1 radical (unpaired) electrons. The summed E-state index contributed by atoms with van der Waals surface area (Å²) in [5.41, 5.74) is 5.30. The number of hydrogen-bond acceptors (Lipinski definition) is 2. The van der Waals surface area contributed by atoms with E-state index in [1.54, 1.807) is 0 Å². The summed E-state index contributed by atoms with van der Waals surface area (Å²) in [6.07, 6.45) is 4.35. The Kier molecular flexibility index (Phi) is 1.83. The maximum Gasteiger partial charge on any atom is 0.235 e. The van der Waals surface area contributed by atoms with Gasteiger partial charge in [-0.1, -0.05) is 0 Å². The lowest BCUT2D eigenvalue weighted by molar-refractivity contribution is -0.123. The van der Waals surface area contributed by atoms with Crippen molar-refractivity contribution in [3.8, 4) is 0 Å². The van der Waals surface area contributed by atoms with Crippen molar-refractivity contribution in [2.24, 2.45) is 11.7 Å². The highest BCUT2D eigenvalue weighted by molar-refractivity contribution is 5.81. The molecule has 12 heavy (non-hydrogen) atoms. The minimum atomic E-state index is -0.192. The summed E-state index contributed by atoms with van der Waals surface area (Å²) in [6, 6.07) is 0.450. The van der Waals surface area contributed by atoms with Gasteiger partial charge in [-0.15, -0.1) is 0 Å². The first-order valence-electron chi connectivity index (χ1n) is 4.58. The number of nitrogens with zero attached hydrogens (tertiary/aromatic N) is 1. The van der Waals surface area contributed by atoms with Gasteiger partial charge in [0, 0.05) is 6.04 Å². The van der Waals surface area contributed by atoms with E-state index in [2.05, 4.69) is 18.2 Å². The second kappa shape index (κ2) is 2.73. The molecule has 2 aliphatic rings. The summed E-state index contributed by atoms with van der Waals surface area (Å²) >= 11 is 0. The van der Waals surface area contributed by atoms with Gasteiger partial charge in [-0.3, -0.25) is 9.69 Å². The number of nitrogens with two attached hydrogens (primary N) is 1. The Morgan fingerprint density at radius 3 is 3.08 bits per heavy atom. The molecule has 0 saturated carbocycles. The largest absolute Gasteiger partial charge is 0.368 e. The summed E-state index contributed by atoms with van der Waals surface area (Å²) in [5.74, 6) is 0.572. The Bertz CT molecular complexity index is 205. The van der Waals surface area contributed by atoms with Gasteiger partial charge in [0.15, 0.2) is 0 Å². The molecule has 1 amide bonds. The van der Waals surface area contributed by atoms with Crippen LogP contribution in [0.25, 0.3) is 0 Å². The molecule has 0 spiro atoms. The summed E-state index contributed by atoms with van der Waals surface area (Å²) < 4.78 is 0. The predicted octanol–water partition coefficient (Wildman–Crippen LogP) is 0.159. The van der Waals surface area contributed by atoms with E-state index >= 15 is 0 Å². The first-order valence-corrected chi connectivity index (χ1v) is 4.58. The molecule has 0 aromatic carbocycles. The average molecular weight is 167 g/mol. The minimum Gasteiger partial charge on any atom is -0.368 e. The van der Waals surface area contributed by atoms with Crippen LogP contribution in [0.15, 0.2) is 0 Å². The molecule has 2 saturated heterocycles. The molecule has 0 aromatic heterocycles. The van der Waals surface area contributed by atoms with Crippen molar-refractivity contribution in [1.82, 2.24) is 4.90 Å². The van der Waals surface area contributed by atoms with Crippen LogP contribution in [0.3, 0.4) is 0 Å². The van der Waals surface area contributed by atoms with E-state index in [0.29, 0.717) is 6.04 Å². The molecule has 67 valence electrons. The number of fused-ring (bicyclic) bond motifs is 2. The Hall–Kier alpha value is -0.570. The van der Waals surface area contributed by atoms with Crippen molar-refractivity contribution in [3.63, 3.8) is 0 Å². The highest BCUT2D eigenvalue weighted by atomic mass is 16.1. The lowest BCUT2D eigenvalue weighted by Gasteiger charge is -2.35. The first kappa shape index (κ1) is 8.05. The second-order valence-corrected chi connectivity index (χ2v) is 3.85. The van der Waals surface area contributed by atoms with Crippen LogP contribution in [-0.2, 0) is 4.79 Å². The van der Waals surface area contributed by atoms with Crippen molar-refractivity contribution >= 4 is 5.91 Å². The standard InChI is InChI=1S/C9H15N2O/c1-6-7-2-3-8(9(10)12)11(6)5-4-7/h3,6-8H,2,4-5H2,1H3,(H2,10,12)/t6?,7-,8?/m0/s1. The molecule has 2 aliphatic heterocycles. The zero-order chi connectivity index (χ0) is 8.72. The molecule has 2 N–H and O–H groups in total. The van der Waals surface area contributed by atoms with Crippen LogP contribution in [0.5, 0.6) is 0 Å². The molecule has 2 unspecified atom stereocenters. The lowest BCUT2D eigenvalue weighted by Crippen LogP contribution is -2.50. The maximum absolute atomic E-state index is 11.0. The van der Waals surface area contributed by atoms with Crippen LogP contribution in [-0.4, -0.2) is 29.4 Å². The van der Waals surface area contributed by atoms with Gasteiger partial charge in [0.1, 0.15) is 0 Å². The molecule has 2 rings (SSSR count). The molecular formula is C9H15N2O. The molecular weight excluding hydrogens is 152 g/mol. The van der Waals surface area contributed by atoms with E-state index in [0.717, 1.165) is 18.9 Å². The SMILES string of the molecule is CC1[C@H]2C[CH]C(C(N)=O)[N@]1CC2. The lowest BCUT2D eigenvalue weighted by atomic mass is 9.89. The number of carbonyl (C=O) groups excluding carboxylic acids is 1. The van der Waals surface area contributed by atoms with Gasteiger partial charge in [-0.2, -0.15) is 0 Å². The van der Waals surface area contributed by atoms with Crippen molar-refractivity contribution in [2.45, 2.75) is 31.8 Å². The zero-order valence-corrected chi connectivity index (χ0v) is 7.36. The molecule has 2 heterocycles. The fourth-order valence-corrected chi connectivity index (χ4v) is 2.46. The van der Waals surface area contributed by atoms with E-state index in [-0.39, 0.29) is 11.9 Å². The third-order valence-corrected chi connectivity index (χ3v) is 3.27. The number of piperidine rings is 1. The number of amides is 1. The Morgan fingerprint density at radius 1 is 1.67 bits per heavy atom. The van der Waals surface area contributed by atoms with Crippen LogP contribution >= 0.6 is 0 Å². The van der Waals surface area contributed by atoms with E-state index in [4.69, 9.17) is 5.73 Å². The Balaban J connectivity index is 2.14. The van der Waals surface area contributed by atoms with E-state index in [9.17, 15) is 4.79 Å². The third-order valence-electron chi connectivity index (χ3n) is 3.27. The van der Waals surface area contributed by atoms with Crippen LogP contribution in [0.4, 0.5) is 0 Å². The maximum atomic E-state index is 11.0. The minimum absolute atomic E-state index is 0.0984. The molecule has 3 nitrogen and oxygen atoms in total. The quantitative estimate of drug-likeness (QED) is 0.604. The van der Waals surface area contributed by atoms with Crippen molar-refractivity contribution in [2.75, 3.05) is 6.54 Å². The number of rotatable bonds is 1. The van der Waals surface area contributed by atoms with Crippen molar-refractivity contribution in [3.05, 3.63) is 6.42 Å². The molecule has 3 heteroatoms. The van der Waals surface area contributed by atoms with Gasteiger partial charge in [-0.05, 0) is 38.6 Å². The Labute approximate surface area is 72.9 Å². The van der Waals surface area contributed by atoms with E-state index < -0.39 is 0 Å². The number of hydrogen-bond donors (Lipinski definition) is 1. The van der Waals surface area contributed by atoms with E-state index in [1.807, 2.05) is 0 Å². The number of primary amides is 1. The molecule has 2 fully saturated rings. The van der Waals surface area contributed by atoms with Gasteiger partial charge in [0.2, 0.25) is 5.91 Å². The van der Waals surface area contributed by atoms with E-state index in [1.165, 1.54) is 6.42 Å². The second-order valence-electron chi connectivity index (χ2n) is 3.85. The summed E-state index contributed by atoms with van der Waals surface area (Å²) in [6.45, 7) is 3.23. The van der Waals surface area contributed by atoms with Gasteiger partial charge in [-0.25, -0.2) is 0 Å². The molecule has 2 bridgehead atoms. The third kappa shape index (κ3) is 1.04. The fourth-order valence-electron chi connectivity index (χ4n) is 2.46. The zero-order valence-electron chi connectivity index (χ0n) is 7.36. The average Bonchev–Trinajstić information content (AvgIpc) is 2.32. The molecule has 0 aliphatic carbocycles. The van der Waals surface area contributed by atoms with Crippen LogP contribution in [0.2, 0.25) is 0 Å². The van der Waals surface area contributed by atoms with Gasteiger partial charge in [0.05, 0.1) is 6.04 Å². The van der Waals surface area contributed by atoms with Crippen LogP contribution in [0, 0.1) is 12.3 Å². The van der Waals surface area contributed by atoms with Gasteiger partial charge in [0.25, 0.3) is 0 Å². The summed E-state index contributed by atoms with van der Waals surface area (Å²) in [7, 11) is 0. The van der Waals surface area contributed by atoms with Crippen molar-refractivity contribution < 1.29 is 4.79 Å². The molecule has 0 aromatic rings. The van der Waals surface area contributed by atoms with Gasteiger partial charge < -0.3 is 5.73 Å². The monoisotopic (exact) mass is 167 g/mol. The smallest absolute Gasteiger partial charge is 0.235 e.